The van der Waals surface area contributed by atoms with E-state index in [-0.39, 0.29) is 12.2 Å². The maximum absolute atomic E-state index is 12.4. The molecule has 3 rings (SSSR count). The Morgan fingerprint density at radius 3 is 2.68 bits per heavy atom. The number of piperazine rings is 1. The van der Waals surface area contributed by atoms with Crippen LogP contribution in [0.3, 0.4) is 0 Å². The molecule has 1 aliphatic rings. The molecule has 0 unspecified atom stereocenters. The molecule has 0 amide bonds. The van der Waals surface area contributed by atoms with E-state index in [1.54, 1.807) is 18.5 Å². The molecule has 8 heteroatoms. The fraction of sp³-hybridized carbons (Fsp3) is 0.500. The highest BCUT2D eigenvalue weighted by Crippen LogP contribution is 2.21. The maximum atomic E-state index is 12.4. The SMILES string of the molecule is CC#CCn1c(=O)n(C)c2[nH]c(=O)nc(N3CCNCC3)c21. The third kappa shape index (κ3) is 2.29. The summed E-state index contributed by atoms with van der Waals surface area (Å²) in [6.45, 7) is 5.14. The molecular weight excluding hydrogens is 284 g/mol. The summed E-state index contributed by atoms with van der Waals surface area (Å²) in [4.78, 5) is 33.1. The zero-order valence-electron chi connectivity index (χ0n) is 12.6. The number of hydrogen-bond donors (Lipinski definition) is 2. The van der Waals surface area contributed by atoms with Gasteiger partial charge in [0.15, 0.2) is 5.82 Å². The van der Waals surface area contributed by atoms with Crippen LogP contribution in [-0.4, -0.2) is 45.3 Å². The van der Waals surface area contributed by atoms with Gasteiger partial charge in [0.1, 0.15) is 11.2 Å². The van der Waals surface area contributed by atoms with E-state index < -0.39 is 5.69 Å². The lowest BCUT2D eigenvalue weighted by molar-refractivity contribution is 0.584. The quantitative estimate of drug-likeness (QED) is 0.685. The fourth-order valence-corrected chi connectivity index (χ4v) is 2.71. The van der Waals surface area contributed by atoms with Gasteiger partial charge in [0.25, 0.3) is 0 Å². The number of aromatic nitrogens is 4. The first-order valence-corrected chi connectivity index (χ1v) is 7.18. The summed E-state index contributed by atoms with van der Waals surface area (Å²) < 4.78 is 2.99. The third-order valence-corrected chi connectivity index (χ3v) is 3.82. The molecule has 2 aromatic rings. The molecule has 1 saturated heterocycles. The van der Waals surface area contributed by atoms with Crippen LogP contribution < -0.4 is 21.6 Å². The highest BCUT2D eigenvalue weighted by molar-refractivity contribution is 5.84. The number of nitrogens with one attached hydrogen (secondary N) is 2. The van der Waals surface area contributed by atoms with Crippen molar-refractivity contribution < 1.29 is 0 Å². The predicted octanol–water partition coefficient (Wildman–Crippen LogP) is -1.14. The van der Waals surface area contributed by atoms with E-state index in [2.05, 4.69) is 27.1 Å². The lowest BCUT2D eigenvalue weighted by atomic mass is 10.3. The van der Waals surface area contributed by atoms with Gasteiger partial charge < -0.3 is 10.2 Å². The molecule has 0 spiro atoms. The van der Waals surface area contributed by atoms with E-state index in [0.29, 0.717) is 17.0 Å². The van der Waals surface area contributed by atoms with E-state index >= 15 is 0 Å². The maximum Gasteiger partial charge on any atom is 0.348 e. The summed E-state index contributed by atoms with van der Waals surface area (Å²) in [6, 6.07) is 0. The number of hydrogen-bond acceptors (Lipinski definition) is 5. The van der Waals surface area contributed by atoms with Crippen LogP contribution in [0.2, 0.25) is 0 Å². The molecule has 0 aromatic carbocycles. The zero-order valence-corrected chi connectivity index (χ0v) is 12.6. The van der Waals surface area contributed by atoms with Gasteiger partial charge in [0.2, 0.25) is 0 Å². The zero-order chi connectivity index (χ0) is 15.7. The standard InChI is InChI=1S/C14H18N6O2/c1-3-4-7-20-10-11(18(2)14(20)22)16-13(21)17-12(10)19-8-5-15-6-9-19/h15H,5-9H2,1-2H3,(H,16,17,21). The lowest BCUT2D eigenvalue weighted by Gasteiger charge is -2.28. The Bertz CT molecular complexity index is 873. The minimum atomic E-state index is -0.449. The van der Waals surface area contributed by atoms with Crippen LogP contribution >= 0.6 is 0 Å². The van der Waals surface area contributed by atoms with Crippen molar-refractivity contribution in [2.45, 2.75) is 13.5 Å². The highest BCUT2D eigenvalue weighted by atomic mass is 16.2. The van der Waals surface area contributed by atoms with Crippen molar-refractivity contribution in [3.63, 3.8) is 0 Å². The molecule has 2 N–H and O–H groups in total. The predicted molar refractivity (Wildman–Crippen MR) is 84.1 cm³/mol. The molecule has 1 aliphatic heterocycles. The van der Waals surface area contributed by atoms with Crippen molar-refractivity contribution in [3.05, 3.63) is 21.0 Å². The fourth-order valence-electron chi connectivity index (χ4n) is 2.71. The summed E-state index contributed by atoms with van der Waals surface area (Å²) in [6.07, 6.45) is 0. The van der Waals surface area contributed by atoms with Gasteiger partial charge in [-0.1, -0.05) is 5.92 Å². The Morgan fingerprint density at radius 1 is 1.27 bits per heavy atom. The molecule has 116 valence electrons. The largest absolute Gasteiger partial charge is 0.352 e. The van der Waals surface area contributed by atoms with E-state index in [0.717, 1.165) is 26.2 Å². The Morgan fingerprint density at radius 2 is 2.00 bits per heavy atom. The second kappa shape index (κ2) is 5.69. The first-order chi connectivity index (χ1) is 10.6. The first kappa shape index (κ1) is 14.4. The summed E-state index contributed by atoms with van der Waals surface area (Å²) >= 11 is 0. The van der Waals surface area contributed by atoms with Gasteiger partial charge >= 0.3 is 11.4 Å². The molecule has 1 fully saturated rings. The van der Waals surface area contributed by atoms with E-state index in [9.17, 15) is 9.59 Å². The normalized spacial score (nSPS) is 14.9. The van der Waals surface area contributed by atoms with Gasteiger partial charge in [-0.25, -0.2) is 9.59 Å². The molecule has 8 nitrogen and oxygen atoms in total. The van der Waals surface area contributed by atoms with Gasteiger partial charge in [-0.3, -0.25) is 14.1 Å². The van der Waals surface area contributed by atoms with Crippen LogP contribution in [0.4, 0.5) is 5.82 Å². The Hall–Kier alpha value is -2.53. The van der Waals surface area contributed by atoms with Gasteiger partial charge in [0.05, 0.1) is 6.54 Å². The Labute approximate surface area is 126 Å². The number of aromatic amines is 1. The van der Waals surface area contributed by atoms with Crippen molar-refractivity contribution in [2.75, 3.05) is 31.1 Å². The number of nitrogens with zero attached hydrogens (tertiary/aromatic N) is 4. The van der Waals surface area contributed by atoms with Crippen molar-refractivity contribution in [2.24, 2.45) is 7.05 Å². The van der Waals surface area contributed by atoms with Gasteiger partial charge in [-0.05, 0) is 6.92 Å². The number of fused-ring (bicyclic) bond motifs is 1. The minimum Gasteiger partial charge on any atom is -0.352 e. The first-order valence-electron chi connectivity index (χ1n) is 7.18. The van der Waals surface area contributed by atoms with Crippen LogP contribution in [0, 0.1) is 11.8 Å². The average molecular weight is 302 g/mol. The van der Waals surface area contributed by atoms with Crippen molar-refractivity contribution in [1.29, 1.82) is 0 Å². The summed E-state index contributed by atoms with van der Waals surface area (Å²) in [5, 5.41) is 3.26. The lowest BCUT2D eigenvalue weighted by Crippen LogP contribution is -2.44. The molecule has 0 bridgehead atoms. The summed E-state index contributed by atoms with van der Waals surface area (Å²) in [5.74, 6) is 6.25. The van der Waals surface area contributed by atoms with Crippen molar-refractivity contribution in [3.8, 4) is 11.8 Å². The van der Waals surface area contributed by atoms with E-state index in [1.807, 2.05) is 4.90 Å². The van der Waals surface area contributed by atoms with Gasteiger partial charge in [-0.15, -0.1) is 5.92 Å². The third-order valence-electron chi connectivity index (χ3n) is 3.82. The number of aryl methyl sites for hydroxylation is 1. The molecule has 22 heavy (non-hydrogen) atoms. The van der Waals surface area contributed by atoms with Crippen molar-refractivity contribution >= 4 is 17.0 Å². The monoisotopic (exact) mass is 302 g/mol. The molecular formula is C14H18N6O2. The number of anilines is 1. The summed E-state index contributed by atoms with van der Waals surface area (Å²) in [7, 11) is 1.64. The van der Waals surface area contributed by atoms with Crippen molar-refractivity contribution in [1.82, 2.24) is 24.4 Å². The second-order valence-corrected chi connectivity index (χ2v) is 5.15. The topological polar surface area (TPSA) is 88.0 Å². The number of imidazole rings is 1. The van der Waals surface area contributed by atoms with E-state index in [1.165, 1.54) is 4.57 Å². The molecule has 3 heterocycles. The van der Waals surface area contributed by atoms with E-state index in [4.69, 9.17) is 0 Å². The molecule has 0 atom stereocenters. The van der Waals surface area contributed by atoms with Crippen LogP contribution in [0.25, 0.3) is 11.2 Å². The second-order valence-electron chi connectivity index (χ2n) is 5.15. The number of H-pyrrole nitrogens is 1. The van der Waals surface area contributed by atoms with Crippen LogP contribution in [-0.2, 0) is 13.6 Å². The summed E-state index contributed by atoms with van der Waals surface area (Å²) in [5.41, 5.74) is 0.460. The Kier molecular flexibility index (Phi) is 3.73. The molecule has 0 aliphatic carbocycles. The van der Waals surface area contributed by atoms with Gasteiger partial charge in [-0.2, -0.15) is 4.98 Å². The van der Waals surface area contributed by atoms with Gasteiger partial charge in [0, 0.05) is 33.2 Å². The molecule has 0 saturated carbocycles. The van der Waals surface area contributed by atoms with Crippen LogP contribution in [0.15, 0.2) is 9.59 Å². The molecule has 0 radical (unpaired) electrons. The van der Waals surface area contributed by atoms with Crippen LogP contribution in [0.1, 0.15) is 6.92 Å². The van der Waals surface area contributed by atoms with Crippen LogP contribution in [0.5, 0.6) is 0 Å². The number of rotatable bonds is 2. The average Bonchev–Trinajstić information content (AvgIpc) is 2.77. The highest BCUT2D eigenvalue weighted by Gasteiger charge is 2.21. The smallest absolute Gasteiger partial charge is 0.348 e. The Balaban J connectivity index is 2.29. The molecule has 2 aromatic heterocycles. The minimum absolute atomic E-state index is 0.210.